The van der Waals surface area contributed by atoms with Gasteiger partial charge in [0.05, 0.1) is 17.7 Å². The van der Waals surface area contributed by atoms with E-state index in [1.807, 2.05) is 49.4 Å². The third-order valence-corrected chi connectivity index (χ3v) is 4.44. The van der Waals surface area contributed by atoms with Gasteiger partial charge in [0.25, 0.3) is 5.91 Å². The molecule has 4 rings (SSSR count). The minimum Gasteiger partial charge on any atom is -0.494 e. The number of para-hydroxylation sites is 1. The number of anilines is 1. The lowest BCUT2D eigenvalue weighted by Crippen LogP contribution is -2.38. The molecule has 0 saturated heterocycles. The number of benzene rings is 2. The zero-order chi connectivity index (χ0) is 17.4. The fraction of sp³-hybridized carbons (Fsp3) is 0.158. The van der Waals surface area contributed by atoms with E-state index in [2.05, 4.69) is 15.6 Å². The summed E-state index contributed by atoms with van der Waals surface area (Å²) >= 11 is 6.38. The summed E-state index contributed by atoms with van der Waals surface area (Å²) in [5.41, 5.74) is 2.88. The molecule has 25 heavy (non-hydrogen) atoms. The summed E-state index contributed by atoms with van der Waals surface area (Å²) in [6.07, 6.45) is -0.442. The van der Waals surface area contributed by atoms with Crippen molar-refractivity contribution in [2.24, 2.45) is 0 Å². The van der Waals surface area contributed by atoms with E-state index in [0.29, 0.717) is 22.9 Å². The van der Waals surface area contributed by atoms with Gasteiger partial charge in [0.15, 0.2) is 0 Å². The Morgan fingerprint density at radius 3 is 2.84 bits per heavy atom. The molecule has 1 aliphatic heterocycles. The van der Waals surface area contributed by atoms with Crippen molar-refractivity contribution in [3.8, 4) is 5.75 Å². The first kappa shape index (κ1) is 15.7. The molecule has 0 radical (unpaired) electrons. The molecular formula is C19H16ClN3O2. The fourth-order valence-electron chi connectivity index (χ4n) is 2.97. The maximum absolute atomic E-state index is 12.3. The van der Waals surface area contributed by atoms with E-state index >= 15 is 0 Å². The predicted octanol–water partition coefficient (Wildman–Crippen LogP) is 4.14. The molecule has 5 nitrogen and oxygen atoms in total. The number of nitrogens with zero attached hydrogens (tertiary/aromatic N) is 1. The number of rotatable bonds is 3. The summed E-state index contributed by atoms with van der Waals surface area (Å²) in [4.78, 5) is 16.8. The van der Waals surface area contributed by atoms with Crippen LogP contribution in [-0.2, 0) is 0 Å². The van der Waals surface area contributed by atoms with Crippen LogP contribution in [0.25, 0.3) is 10.9 Å². The SMILES string of the molecule is CCOc1ccc2nc(Cl)c([C@H]3NC(=O)c4ccccc4N3)cc2c1. The monoisotopic (exact) mass is 353 g/mol. The van der Waals surface area contributed by atoms with Gasteiger partial charge in [-0.15, -0.1) is 0 Å². The number of carbonyl (C=O) groups is 1. The quantitative estimate of drug-likeness (QED) is 0.694. The predicted molar refractivity (Wildman–Crippen MR) is 98.2 cm³/mol. The molecule has 6 heteroatoms. The minimum atomic E-state index is -0.442. The Balaban J connectivity index is 1.76. The highest BCUT2D eigenvalue weighted by molar-refractivity contribution is 6.30. The largest absolute Gasteiger partial charge is 0.494 e. The molecule has 3 aromatic rings. The highest BCUT2D eigenvalue weighted by Gasteiger charge is 2.26. The van der Waals surface area contributed by atoms with Crippen LogP contribution in [0.1, 0.15) is 29.0 Å². The number of pyridine rings is 1. The molecule has 1 aromatic heterocycles. The molecule has 0 spiro atoms. The first-order valence-electron chi connectivity index (χ1n) is 8.05. The first-order valence-corrected chi connectivity index (χ1v) is 8.43. The van der Waals surface area contributed by atoms with E-state index in [1.165, 1.54) is 0 Å². The number of amides is 1. The van der Waals surface area contributed by atoms with Crippen LogP contribution < -0.4 is 15.4 Å². The van der Waals surface area contributed by atoms with E-state index in [9.17, 15) is 4.79 Å². The second-order valence-corrected chi connectivity index (χ2v) is 6.11. The van der Waals surface area contributed by atoms with Crippen molar-refractivity contribution in [2.75, 3.05) is 11.9 Å². The van der Waals surface area contributed by atoms with Gasteiger partial charge in [0, 0.05) is 16.6 Å². The minimum absolute atomic E-state index is 0.140. The number of hydrogen-bond donors (Lipinski definition) is 2. The maximum atomic E-state index is 12.3. The molecule has 1 atom stereocenters. The zero-order valence-electron chi connectivity index (χ0n) is 13.5. The van der Waals surface area contributed by atoms with Crippen LogP contribution in [0.15, 0.2) is 48.5 Å². The van der Waals surface area contributed by atoms with E-state index < -0.39 is 6.17 Å². The normalized spacial score (nSPS) is 16.1. The molecule has 2 N–H and O–H groups in total. The standard InChI is InChI=1S/C19H16ClN3O2/c1-2-25-12-7-8-15-11(9-12)10-14(17(20)21-15)18-22-16-6-4-3-5-13(16)19(24)23-18/h3-10,18,22H,2H2,1H3,(H,23,24)/t18-/m1/s1. The number of fused-ring (bicyclic) bond motifs is 2. The summed E-state index contributed by atoms with van der Waals surface area (Å²) in [5.74, 6) is 0.634. The van der Waals surface area contributed by atoms with Gasteiger partial charge in [0.1, 0.15) is 17.1 Å². The van der Waals surface area contributed by atoms with Crippen LogP contribution in [0.3, 0.4) is 0 Å². The number of halogens is 1. The van der Waals surface area contributed by atoms with Gasteiger partial charge < -0.3 is 15.4 Å². The molecule has 0 fully saturated rings. The van der Waals surface area contributed by atoms with Crippen molar-refractivity contribution in [3.63, 3.8) is 0 Å². The van der Waals surface area contributed by atoms with Gasteiger partial charge in [-0.3, -0.25) is 4.79 Å². The van der Waals surface area contributed by atoms with Crippen LogP contribution in [-0.4, -0.2) is 17.5 Å². The van der Waals surface area contributed by atoms with Crippen molar-refractivity contribution in [2.45, 2.75) is 13.1 Å². The zero-order valence-corrected chi connectivity index (χ0v) is 14.3. The third kappa shape index (κ3) is 2.87. The lowest BCUT2D eigenvalue weighted by molar-refractivity contribution is 0.0935. The molecule has 0 aliphatic carbocycles. The third-order valence-electron chi connectivity index (χ3n) is 4.14. The number of aromatic nitrogens is 1. The van der Waals surface area contributed by atoms with Crippen LogP contribution in [0.2, 0.25) is 5.15 Å². The number of hydrogen-bond acceptors (Lipinski definition) is 4. The summed E-state index contributed by atoms with van der Waals surface area (Å²) in [6.45, 7) is 2.53. The van der Waals surface area contributed by atoms with Gasteiger partial charge >= 0.3 is 0 Å². The Morgan fingerprint density at radius 2 is 2.00 bits per heavy atom. The van der Waals surface area contributed by atoms with E-state index in [1.54, 1.807) is 6.07 Å². The Bertz CT molecular complexity index is 974. The summed E-state index contributed by atoms with van der Waals surface area (Å²) in [5, 5.41) is 7.49. The van der Waals surface area contributed by atoms with Crippen LogP contribution in [0, 0.1) is 0 Å². The van der Waals surface area contributed by atoms with Crippen LogP contribution >= 0.6 is 11.6 Å². The Hall–Kier alpha value is -2.79. The molecule has 0 bridgehead atoms. The van der Waals surface area contributed by atoms with Crippen LogP contribution in [0.4, 0.5) is 5.69 Å². The average molecular weight is 354 g/mol. The number of ether oxygens (including phenoxy) is 1. The lowest BCUT2D eigenvalue weighted by atomic mass is 10.1. The molecule has 0 saturated carbocycles. The second kappa shape index (κ2) is 6.26. The summed E-state index contributed by atoms with van der Waals surface area (Å²) in [7, 11) is 0. The van der Waals surface area contributed by atoms with Gasteiger partial charge in [-0.25, -0.2) is 4.98 Å². The van der Waals surface area contributed by atoms with Gasteiger partial charge in [-0.1, -0.05) is 23.7 Å². The van der Waals surface area contributed by atoms with Gasteiger partial charge in [0.2, 0.25) is 0 Å². The molecule has 1 aliphatic rings. The topological polar surface area (TPSA) is 63.2 Å². The van der Waals surface area contributed by atoms with Crippen molar-refractivity contribution in [1.82, 2.24) is 10.3 Å². The molecule has 126 valence electrons. The molecule has 2 heterocycles. The summed E-state index contributed by atoms with van der Waals surface area (Å²) in [6, 6.07) is 15.0. The number of nitrogens with one attached hydrogen (secondary N) is 2. The van der Waals surface area contributed by atoms with Gasteiger partial charge in [-0.05, 0) is 43.3 Å². The summed E-state index contributed by atoms with van der Waals surface area (Å²) < 4.78 is 5.55. The van der Waals surface area contributed by atoms with Crippen molar-refractivity contribution < 1.29 is 9.53 Å². The Kier molecular flexibility index (Phi) is 3.93. The van der Waals surface area contributed by atoms with Gasteiger partial charge in [-0.2, -0.15) is 0 Å². The van der Waals surface area contributed by atoms with Crippen LogP contribution in [0.5, 0.6) is 5.75 Å². The fourth-order valence-corrected chi connectivity index (χ4v) is 3.22. The highest BCUT2D eigenvalue weighted by Crippen LogP contribution is 2.32. The van der Waals surface area contributed by atoms with Crippen molar-refractivity contribution >= 4 is 34.1 Å². The first-order chi connectivity index (χ1) is 12.2. The van der Waals surface area contributed by atoms with Crippen molar-refractivity contribution in [3.05, 3.63) is 64.8 Å². The molecule has 0 unspecified atom stereocenters. The van der Waals surface area contributed by atoms with E-state index in [-0.39, 0.29) is 5.91 Å². The molecular weight excluding hydrogens is 338 g/mol. The smallest absolute Gasteiger partial charge is 0.255 e. The van der Waals surface area contributed by atoms with E-state index in [4.69, 9.17) is 16.3 Å². The second-order valence-electron chi connectivity index (χ2n) is 5.75. The maximum Gasteiger partial charge on any atom is 0.255 e. The highest BCUT2D eigenvalue weighted by atomic mass is 35.5. The lowest BCUT2D eigenvalue weighted by Gasteiger charge is -2.28. The average Bonchev–Trinajstić information content (AvgIpc) is 2.61. The number of carbonyl (C=O) groups excluding carboxylic acids is 1. The van der Waals surface area contributed by atoms with Crippen molar-refractivity contribution in [1.29, 1.82) is 0 Å². The Labute approximate surface area is 150 Å². The Morgan fingerprint density at radius 1 is 1.16 bits per heavy atom. The molecule has 1 amide bonds. The van der Waals surface area contributed by atoms with E-state index in [0.717, 1.165) is 22.3 Å². The molecule has 2 aromatic carbocycles.